The summed E-state index contributed by atoms with van der Waals surface area (Å²) in [6, 6.07) is 17.9. The average molecular weight is 554 g/mol. The van der Waals surface area contributed by atoms with E-state index in [9.17, 15) is 22.8 Å². The van der Waals surface area contributed by atoms with E-state index < -0.39 is 17.7 Å². The molecule has 0 aliphatic heterocycles. The minimum Gasteiger partial charge on any atom is -0.496 e. The largest absolute Gasteiger partial charge is 0.496 e. The van der Waals surface area contributed by atoms with Gasteiger partial charge in [0.05, 0.1) is 26.2 Å². The molecule has 8 heteroatoms. The molecule has 0 bridgehead atoms. The number of carbonyl (C=O) groups is 2. The minimum absolute atomic E-state index is 0.0870. The van der Waals surface area contributed by atoms with E-state index in [0.29, 0.717) is 22.4 Å². The van der Waals surface area contributed by atoms with Crippen LogP contribution in [0.3, 0.4) is 0 Å². The monoisotopic (exact) mass is 553 g/mol. The van der Waals surface area contributed by atoms with Gasteiger partial charge in [0, 0.05) is 17.7 Å². The molecule has 1 N–H and O–H groups in total. The highest BCUT2D eigenvalue weighted by Gasteiger charge is 2.30. The molecule has 0 radical (unpaired) electrons. The Kier molecular flexibility index (Phi) is 10.9. The van der Waals surface area contributed by atoms with Gasteiger partial charge in [0.15, 0.2) is 0 Å². The van der Waals surface area contributed by atoms with E-state index in [1.54, 1.807) is 12.1 Å². The summed E-state index contributed by atoms with van der Waals surface area (Å²) in [5, 5.41) is 2.71. The number of alkyl halides is 3. The molecule has 1 amide bonds. The van der Waals surface area contributed by atoms with Gasteiger partial charge in [0.2, 0.25) is 0 Å². The third-order valence-electron chi connectivity index (χ3n) is 6.49. The Bertz CT molecular complexity index is 1310. The quantitative estimate of drug-likeness (QED) is 0.185. The van der Waals surface area contributed by atoms with Gasteiger partial charge in [-0.25, -0.2) is 0 Å². The molecule has 0 saturated carbocycles. The van der Waals surface area contributed by atoms with Crippen molar-refractivity contribution in [1.82, 2.24) is 5.32 Å². The highest BCUT2D eigenvalue weighted by molar-refractivity contribution is 5.95. The van der Waals surface area contributed by atoms with E-state index in [0.717, 1.165) is 54.5 Å². The molecule has 0 heterocycles. The van der Waals surface area contributed by atoms with Crippen molar-refractivity contribution in [3.05, 3.63) is 95.1 Å². The second-order valence-electron chi connectivity index (χ2n) is 9.26. The van der Waals surface area contributed by atoms with E-state index in [-0.39, 0.29) is 18.9 Å². The number of unbranched alkanes of at least 4 members (excludes halogenated alkanes) is 3. The van der Waals surface area contributed by atoms with Gasteiger partial charge in [-0.05, 0) is 71.5 Å². The fraction of sp³-hybridized carbons (Fsp3) is 0.312. The Labute approximate surface area is 233 Å². The Morgan fingerprint density at radius 2 is 1.52 bits per heavy atom. The van der Waals surface area contributed by atoms with Crippen LogP contribution >= 0.6 is 0 Å². The van der Waals surface area contributed by atoms with Crippen LogP contribution in [0, 0.1) is 0 Å². The second kappa shape index (κ2) is 14.4. The molecule has 0 aliphatic rings. The van der Waals surface area contributed by atoms with E-state index in [1.165, 1.54) is 26.4 Å². The van der Waals surface area contributed by atoms with Crippen molar-refractivity contribution in [3.8, 4) is 16.9 Å². The number of hydrogen-bond donors (Lipinski definition) is 1. The number of halogens is 3. The molecular weight excluding hydrogens is 519 g/mol. The molecule has 3 aromatic rings. The lowest BCUT2D eigenvalue weighted by Crippen LogP contribution is -2.26. The van der Waals surface area contributed by atoms with Crippen LogP contribution in [-0.4, -0.2) is 32.6 Å². The number of benzene rings is 3. The van der Waals surface area contributed by atoms with Crippen molar-refractivity contribution in [2.75, 3.05) is 20.8 Å². The van der Waals surface area contributed by atoms with Crippen LogP contribution in [0.4, 0.5) is 13.2 Å². The van der Waals surface area contributed by atoms with Crippen molar-refractivity contribution >= 4 is 17.4 Å². The summed E-state index contributed by atoms with van der Waals surface area (Å²) in [6.45, 7) is 2.31. The van der Waals surface area contributed by atoms with Gasteiger partial charge in [-0.1, -0.05) is 56.2 Å². The summed E-state index contributed by atoms with van der Waals surface area (Å²) < 4.78 is 49.4. The summed E-state index contributed by atoms with van der Waals surface area (Å²) >= 11 is 0. The smallest absolute Gasteiger partial charge is 0.416 e. The van der Waals surface area contributed by atoms with Crippen molar-refractivity contribution in [2.45, 2.75) is 45.2 Å². The Hall–Kier alpha value is -4.07. The molecule has 3 aromatic carbocycles. The number of allylic oxidation sites excluding steroid dienone is 1. The average Bonchev–Trinajstić information content (AvgIpc) is 2.96. The second-order valence-corrected chi connectivity index (χ2v) is 9.26. The first-order valence-corrected chi connectivity index (χ1v) is 13.2. The zero-order valence-corrected chi connectivity index (χ0v) is 22.9. The van der Waals surface area contributed by atoms with Gasteiger partial charge >= 0.3 is 12.1 Å². The Balaban J connectivity index is 1.94. The number of hydrogen-bond acceptors (Lipinski definition) is 4. The van der Waals surface area contributed by atoms with Crippen LogP contribution in [0.2, 0.25) is 0 Å². The summed E-state index contributed by atoms with van der Waals surface area (Å²) in [5.74, 6) is -0.144. The molecule has 0 aliphatic carbocycles. The predicted octanol–water partition coefficient (Wildman–Crippen LogP) is 7.69. The SMILES string of the molecule is CCCCCC=C(c1ccc(C(=O)NCCC(=O)OC)cc1)c1ccc(OC)c(-c2ccc(C(F)(F)F)cc2)c1. The van der Waals surface area contributed by atoms with Gasteiger partial charge < -0.3 is 14.8 Å². The van der Waals surface area contributed by atoms with Gasteiger partial charge in [-0.2, -0.15) is 13.2 Å². The maximum absolute atomic E-state index is 13.1. The van der Waals surface area contributed by atoms with Gasteiger partial charge in [0.25, 0.3) is 5.91 Å². The Morgan fingerprint density at radius 1 is 0.875 bits per heavy atom. The van der Waals surface area contributed by atoms with Crippen LogP contribution in [0.15, 0.2) is 72.8 Å². The lowest BCUT2D eigenvalue weighted by atomic mass is 9.92. The molecule has 3 rings (SSSR count). The molecule has 0 aromatic heterocycles. The number of amides is 1. The third-order valence-corrected chi connectivity index (χ3v) is 6.49. The van der Waals surface area contributed by atoms with Crippen molar-refractivity contribution in [3.63, 3.8) is 0 Å². The fourth-order valence-electron chi connectivity index (χ4n) is 4.27. The first kappa shape index (κ1) is 30.5. The predicted molar refractivity (Wildman–Crippen MR) is 150 cm³/mol. The molecule has 0 unspecified atom stereocenters. The molecule has 40 heavy (non-hydrogen) atoms. The van der Waals surface area contributed by atoms with Crippen molar-refractivity contribution in [1.29, 1.82) is 0 Å². The maximum Gasteiger partial charge on any atom is 0.416 e. The van der Waals surface area contributed by atoms with Crippen LogP contribution in [-0.2, 0) is 15.7 Å². The molecule has 0 spiro atoms. The lowest BCUT2D eigenvalue weighted by Gasteiger charge is -2.15. The van der Waals surface area contributed by atoms with E-state index in [4.69, 9.17) is 4.74 Å². The van der Waals surface area contributed by atoms with Crippen molar-refractivity contribution < 1.29 is 32.2 Å². The zero-order valence-electron chi connectivity index (χ0n) is 22.9. The van der Waals surface area contributed by atoms with Gasteiger partial charge in [-0.3, -0.25) is 9.59 Å². The molecule has 0 saturated heterocycles. The lowest BCUT2D eigenvalue weighted by molar-refractivity contribution is -0.140. The molecular formula is C32H34F3NO4. The molecule has 5 nitrogen and oxygen atoms in total. The standard InChI is InChI=1S/C32H34F3NO4/c1-4-5-6-7-8-27(22-9-11-24(12-10-22)31(38)36-20-19-30(37)40-3)25-15-18-29(39-2)28(21-25)23-13-16-26(17-14-23)32(33,34)35/h8-18,21H,4-7,19-20H2,1-3H3,(H,36,38). The van der Waals surface area contributed by atoms with E-state index in [2.05, 4.69) is 23.1 Å². The number of esters is 1. The van der Waals surface area contributed by atoms with Gasteiger partial charge in [0.1, 0.15) is 5.75 Å². The summed E-state index contributed by atoms with van der Waals surface area (Å²) in [6.07, 6.45) is 1.87. The van der Waals surface area contributed by atoms with Crippen LogP contribution in [0.25, 0.3) is 16.7 Å². The summed E-state index contributed by atoms with van der Waals surface area (Å²) in [7, 11) is 2.82. The normalized spacial score (nSPS) is 11.7. The maximum atomic E-state index is 13.1. The number of carbonyl (C=O) groups excluding carboxylic acids is 2. The zero-order chi connectivity index (χ0) is 29.1. The highest BCUT2D eigenvalue weighted by Crippen LogP contribution is 2.37. The fourth-order valence-corrected chi connectivity index (χ4v) is 4.27. The number of methoxy groups -OCH3 is 2. The van der Waals surface area contributed by atoms with E-state index >= 15 is 0 Å². The summed E-state index contributed by atoms with van der Waals surface area (Å²) in [4.78, 5) is 23.8. The van der Waals surface area contributed by atoms with Crippen LogP contribution in [0.5, 0.6) is 5.75 Å². The first-order chi connectivity index (χ1) is 19.2. The minimum atomic E-state index is -4.41. The van der Waals surface area contributed by atoms with Crippen molar-refractivity contribution in [2.24, 2.45) is 0 Å². The van der Waals surface area contributed by atoms with Gasteiger partial charge in [-0.15, -0.1) is 0 Å². The number of nitrogens with one attached hydrogen (secondary N) is 1. The molecule has 0 fully saturated rings. The number of ether oxygens (including phenoxy) is 2. The Morgan fingerprint density at radius 3 is 2.12 bits per heavy atom. The molecule has 0 atom stereocenters. The topological polar surface area (TPSA) is 64.6 Å². The van der Waals surface area contributed by atoms with Crippen LogP contribution in [0.1, 0.15) is 66.1 Å². The van der Waals surface area contributed by atoms with E-state index in [1.807, 2.05) is 30.3 Å². The third kappa shape index (κ3) is 8.21. The number of rotatable bonds is 12. The highest BCUT2D eigenvalue weighted by atomic mass is 19.4. The molecule has 212 valence electrons. The van der Waals surface area contributed by atoms with Crippen LogP contribution < -0.4 is 10.1 Å². The summed E-state index contributed by atoms with van der Waals surface area (Å²) in [5.41, 5.74) is 3.75. The first-order valence-electron chi connectivity index (χ1n) is 13.2.